The van der Waals surface area contributed by atoms with E-state index in [0.717, 1.165) is 29.0 Å². The molecule has 0 amide bonds. The monoisotopic (exact) mass is 453 g/mol. The molecular formula is C23H23N3O3S2. The molecule has 2 aromatic heterocycles. The molecule has 4 aromatic rings. The van der Waals surface area contributed by atoms with Crippen molar-refractivity contribution in [1.82, 2.24) is 9.97 Å². The fourth-order valence-corrected chi connectivity index (χ4v) is 4.90. The zero-order valence-electron chi connectivity index (χ0n) is 17.4. The molecule has 0 fully saturated rings. The van der Waals surface area contributed by atoms with Crippen molar-refractivity contribution in [3.05, 3.63) is 67.0 Å². The number of rotatable bonds is 8. The highest BCUT2D eigenvalue weighted by Crippen LogP contribution is 2.35. The number of hydrogen-bond acceptors (Lipinski definition) is 7. The van der Waals surface area contributed by atoms with Crippen LogP contribution in [0.25, 0.3) is 20.7 Å². The first kappa shape index (κ1) is 21.3. The van der Waals surface area contributed by atoms with Gasteiger partial charge in [0.25, 0.3) is 0 Å². The third-order valence-electron chi connectivity index (χ3n) is 4.89. The molecule has 0 bridgehead atoms. The number of fused-ring (bicyclic) bond motifs is 1. The van der Waals surface area contributed by atoms with Crippen molar-refractivity contribution in [3.8, 4) is 16.2 Å². The van der Waals surface area contributed by atoms with Crippen molar-refractivity contribution in [2.24, 2.45) is 0 Å². The number of thiophene rings is 1. The van der Waals surface area contributed by atoms with Gasteiger partial charge >= 0.3 is 0 Å². The predicted octanol–water partition coefficient (Wildman–Crippen LogP) is 4.67. The average Bonchev–Trinajstić information content (AvgIpc) is 3.21. The molecule has 0 radical (unpaired) electrons. The van der Waals surface area contributed by atoms with Crippen molar-refractivity contribution < 1.29 is 13.2 Å². The zero-order valence-corrected chi connectivity index (χ0v) is 19.0. The summed E-state index contributed by atoms with van der Waals surface area (Å²) >= 11 is 1.67. The number of hydrogen-bond donors (Lipinski definition) is 0. The van der Waals surface area contributed by atoms with E-state index in [-0.39, 0.29) is 4.90 Å². The van der Waals surface area contributed by atoms with E-state index in [1.165, 1.54) is 16.7 Å². The van der Waals surface area contributed by atoms with E-state index in [2.05, 4.69) is 33.1 Å². The van der Waals surface area contributed by atoms with Crippen LogP contribution in [0.5, 0.6) is 5.75 Å². The Balaban J connectivity index is 1.38. The first-order valence-electron chi connectivity index (χ1n) is 9.86. The minimum atomic E-state index is -3.19. The van der Waals surface area contributed by atoms with Gasteiger partial charge < -0.3 is 9.64 Å². The summed E-state index contributed by atoms with van der Waals surface area (Å²) in [5, 5.41) is 1.05. The summed E-state index contributed by atoms with van der Waals surface area (Å²) in [6.07, 6.45) is 3.60. The number of benzene rings is 2. The molecule has 0 saturated heterocycles. The van der Waals surface area contributed by atoms with E-state index in [0.29, 0.717) is 12.4 Å². The first-order valence-corrected chi connectivity index (χ1v) is 12.6. The lowest BCUT2D eigenvalue weighted by atomic mass is 10.2. The quantitative estimate of drug-likeness (QED) is 0.361. The van der Waals surface area contributed by atoms with Gasteiger partial charge in [0.1, 0.15) is 22.7 Å². The Bertz CT molecular complexity index is 1270. The van der Waals surface area contributed by atoms with E-state index in [1.807, 2.05) is 25.2 Å². The van der Waals surface area contributed by atoms with Gasteiger partial charge in [-0.3, -0.25) is 0 Å². The Hall–Kier alpha value is -2.97. The Labute approximate surface area is 186 Å². The summed E-state index contributed by atoms with van der Waals surface area (Å²) in [7, 11) is -1.18. The maximum atomic E-state index is 11.5. The third kappa shape index (κ3) is 5.03. The molecule has 2 aromatic carbocycles. The number of ether oxygens (including phenoxy) is 1. The molecule has 0 unspecified atom stereocenters. The highest BCUT2D eigenvalue weighted by molar-refractivity contribution is 7.90. The highest BCUT2D eigenvalue weighted by atomic mass is 32.2. The Morgan fingerprint density at radius 1 is 1.03 bits per heavy atom. The molecule has 2 heterocycles. The SMILES string of the molecule is CN(CCCOc1ccc(S(C)(=O)=O)cc1)c1ncnc2sc(-c3ccccc3)cc12. The second-order valence-corrected chi connectivity index (χ2v) is 10.3. The average molecular weight is 454 g/mol. The largest absolute Gasteiger partial charge is 0.494 e. The van der Waals surface area contributed by atoms with Crippen LogP contribution in [-0.4, -0.2) is 44.8 Å². The molecule has 31 heavy (non-hydrogen) atoms. The lowest BCUT2D eigenvalue weighted by molar-refractivity contribution is 0.312. The van der Waals surface area contributed by atoms with E-state index in [1.54, 1.807) is 41.9 Å². The van der Waals surface area contributed by atoms with Crippen LogP contribution in [0.3, 0.4) is 0 Å². The van der Waals surface area contributed by atoms with Gasteiger partial charge in [0.05, 0.1) is 16.9 Å². The molecule has 0 aliphatic rings. The van der Waals surface area contributed by atoms with Gasteiger partial charge in [0.15, 0.2) is 9.84 Å². The number of anilines is 1. The second kappa shape index (κ2) is 9.03. The van der Waals surface area contributed by atoms with Gasteiger partial charge in [-0.1, -0.05) is 30.3 Å². The normalized spacial score (nSPS) is 11.5. The summed E-state index contributed by atoms with van der Waals surface area (Å²) in [6, 6.07) is 18.9. The van der Waals surface area contributed by atoms with Gasteiger partial charge in [-0.15, -0.1) is 11.3 Å². The maximum absolute atomic E-state index is 11.5. The Morgan fingerprint density at radius 2 is 1.77 bits per heavy atom. The van der Waals surface area contributed by atoms with Crippen molar-refractivity contribution in [1.29, 1.82) is 0 Å². The predicted molar refractivity (Wildman–Crippen MR) is 126 cm³/mol. The standard InChI is InChI=1S/C23H23N3O3S2/c1-26(13-6-14-29-18-9-11-19(12-10-18)31(2,27)28)22-20-15-21(17-7-4-3-5-8-17)30-23(20)25-16-24-22/h3-5,7-12,15-16H,6,13-14H2,1-2H3. The van der Waals surface area contributed by atoms with Crippen LogP contribution >= 0.6 is 11.3 Å². The summed E-state index contributed by atoms with van der Waals surface area (Å²) in [5.41, 5.74) is 1.18. The van der Waals surface area contributed by atoms with Crippen LogP contribution in [0.4, 0.5) is 5.82 Å². The van der Waals surface area contributed by atoms with Crippen LogP contribution in [0, 0.1) is 0 Å². The highest BCUT2D eigenvalue weighted by Gasteiger charge is 2.13. The minimum absolute atomic E-state index is 0.290. The van der Waals surface area contributed by atoms with Crippen LogP contribution in [0.2, 0.25) is 0 Å². The molecule has 8 heteroatoms. The molecule has 6 nitrogen and oxygen atoms in total. The molecule has 0 spiro atoms. The number of nitrogens with zero attached hydrogens (tertiary/aromatic N) is 3. The Morgan fingerprint density at radius 3 is 2.48 bits per heavy atom. The van der Waals surface area contributed by atoms with E-state index in [4.69, 9.17) is 4.74 Å². The van der Waals surface area contributed by atoms with Crippen molar-refractivity contribution in [3.63, 3.8) is 0 Å². The van der Waals surface area contributed by atoms with E-state index in [9.17, 15) is 8.42 Å². The number of sulfone groups is 1. The van der Waals surface area contributed by atoms with Crippen molar-refractivity contribution >= 4 is 37.2 Å². The Kier molecular flexibility index (Phi) is 6.20. The molecule has 0 N–H and O–H groups in total. The summed E-state index contributed by atoms with van der Waals surface area (Å²) in [6.45, 7) is 1.29. The van der Waals surface area contributed by atoms with Gasteiger partial charge in [0.2, 0.25) is 0 Å². The van der Waals surface area contributed by atoms with Crippen LogP contribution in [0.15, 0.2) is 71.9 Å². The lowest BCUT2D eigenvalue weighted by Crippen LogP contribution is -2.21. The summed E-state index contributed by atoms with van der Waals surface area (Å²) in [5.74, 6) is 1.56. The molecular weight excluding hydrogens is 430 g/mol. The smallest absolute Gasteiger partial charge is 0.175 e. The fraction of sp³-hybridized carbons (Fsp3) is 0.217. The fourth-order valence-electron chi connectivity index (χ4n) is 3.27. The van der Waals surface area contributed by atoms with Crippen LogP contribution < -0.4 is 9.64 Å². The van der Waals surface area contributed by atoms with Gasteiger partial charge in [-0.25, -0.2) is 18.4 Å². The second-order valence-electron chi connectivity index (χ2n) is 7.26. The minimum Gasteiger partial charge on any atom is -0.494 e. The zero-order chi connectivity index (χ0) is 21.8. The molecule has 0 saturated carbocycles. The summed E-state index contributed by atoms with van der Waals surface area (Å²) in [4.78, 5) is 13.5. The van der Waals surface area contributed by atoms with Crippen LogP contribution in [0.1, 0.15) is 6.42 Å². The lowest BCUT2D eigenvalue weighted by Gasteiger charge is -2.18. The van der Waals surface area contributed by atoms with Crippen molar-refractivity contribution in [2.75, 3.05) is 31.4 Å². The van der Waals surface area contributed by atoms with E-state index < -0.39 is 9.84 Å². The van der Waals surface area contributed by atoms with E-state index >= 15 is 0 Å². The maximum Gasteiger partial charge on any atom is 0.175 e. The topological polar surface area (TPSA) is 72.4 Å². The molecule has 0 atom stereocenters. The van der Waals surface area contributed by atoms with Gasteiger partial charge in [-0.2, -0.15) is 0 Å². The third-order valence-corrected chi connectivity index (χ3v) is 7.11. The molecule has 0 aliphatic heterocycles. The van der Waals surface area contributed by atoms with Crippen molar-refractivity contribution in [2.45, 2.75) is 11.3 Å². The van der Waals surface area contributed by atoms with Gasteiger partial charge in [0, 0.05) is 24.7 Å². The summed E-state index contributed by atoms with van der Waals surface area (Å²) < 4.78 is 28.8. The molecule has 4 rings (SSSR count). The van der Waals surface area contributed by atoms with Crippen LogP contribution in [-0.2, 0) is 9.84 Å². The molecule has 160 valence electrons. The molecule has 0 aliphatic carbocycles. The first-order chi connectivity index (χ1) is 14.9. The van der Waals surface area contributed by atoms with Gasteiger partial charge in [-0.05, 0) is 42.3 Å². The number of aromatic nitrogens is 2.